The predicted octanol–water partition coefficient (Wildman–Crippen LogP) is -0.0194. The molecule has 0 spiro atoms. The molecule has 2 saturated heterocycles. The molecule has 4 rings (SSSR count). The van der Waals surface area contributed by atoms with Crippen LogP contribution in [-0.4, -0.2) is 42.7 Å². The zero-order chi connectivity index (χ0) is 13.4. The van der Waals surface area contributed by atoms with Crippen molar-refractivity contribution < 1.29 is 18.0 Å². The molecule has 5 nitrogen and oxygen atoms in total. The van der Waals surface area contributed by atoms with Crippen LogP contribution in [0.1, 0.15) is 12.8 Å². The van der Waals surface area contributed by atoms with Gasteiger partial charge >= 0.3 is 0 Å². The van der Waals surface area contributed by atoms with Gasteiger partial charge in [0.15, 0.2) is 9.84 Å². The molecule has 2 aliphatic carbocycles. The van der Waals surface area contributed by atoms with Crippen LogP contribution >= 0.6 is 0 Å². The van der Waals surface area contributed by atoms with Crippen molar-refractivity contribution in [1.29, 1.82) is 0 Å². The molecular weight excluding hydrogens is 266 g/mol. The van der Waals surface area contributed by atoms with E-state index in [0.29, 0.717) is 6.42 Å². The second-order valence-electron chi connectivity index (χ2n) is 6.10. The van der Waals surface area contributed by atoms with Crippen LogP contribution in [0.15, 0.2) is 12.2 Å². The number of carbonyl (C=O) groups is 2. The number of likely N-dealkylation sites (tertiary alicyclic amines) is 1. The van der Waals surface area contributed by atoms with Crippen molar-refractivity contribution >= 4 is 21.7 Å². The number of rotatable bonds is 1. The summed E-state index contributed by atoms with van der Waals surface area (Å²) in [7, 11) is -3.08. The smallest absolute Gasteiger partial charge is 0.234 e. The van der Waals surface area contributed by atoms with E-state index in [-0.39, 0.29) is 47.0 Å². The molecular formula is C13H15NO4S. The molecule has 0 aromatic heterocycles. The Hall–Kier alpha value is -1.17. The molecule has 2 heterocycles. The van der Waals surface area contributed by atoms with E-state index >= 15 is 0 Å². The number of sulfone groups is 1. The highest BCUT2D eigenvalue weighted by Crippen LogP contribution is 2.53. The molecule has 0 unspecified atom stereocenters. The van der Waals surface area contributed by atoms with Gasteiger partial charge in [-0.2, -0.15) is 0 Å². The third-order valence-electron chi connectivity index (χ3n) is 5.08. The van der Waals surface area contributed by atoms with Crippen LogP contribution in [0.2, 0.25) is 0 Å². The topological polar surface area (TPSA) is 71.5 Å². The molecule has 3 fully saturated rings. The van der Waals surface area contributed by atoms with Gasteiger partial charge in [0, 0.05) is 0 Å². The van der Waals surface area contributed by atoms with Crippen LogP contribution in [0, 0.1) is 23.7 Å². The van der Waals surface area contributed by atoms with Crippen molar-refractivity contribution in [2.24, 2.45) is 23.7 Å². The fourth-order valence-corrected chi connectivity index (χ4v) is 5.96. The van der Waals surface area contributed by atoms with Gasteiger partial charge in [-0.05, 0) is 24.7 Å². The summed E-state index contributed by atoms with van der Waals surface area (Å²) in [5.74, 6) is -0.273. The first kappa shape index (κ1) is 11.6. The first-order valence-corrected chi connectivity index (χ1v) is 8.56. The maximum Gasteiger partial charge on any atom is 0.234 e. The Morgan fingerprint density at radius 2 is 1.63 bits per heavy atom. The van der Waals surface area contributed by atoms with Crippen molar-refractivity contribution in [3.63, 3.8) is 0 Å². The van der Waals surface area contributed by atoms with E-state index in [1.807, 2.05) is 12.2 Å². The summed E-state index contributed by atoms with van der Waals surface area (Å²) in [6, 6.07) is -0.421. The van der Waals surface area contributed by atoms with Crippen molar-refractivity contribution in [2.45, 2.75) is 18.9 Å². The van der Waals surface area contributed by atoms with Crippen molar-refractivity contribution in [2.75, 3.05) is 11.5 Å². The number of allylic oxidation sites excluding steroid dienone is 2. The largest absolute Gasteiger partial charge is 0.278 e. The molecule has 0 radical (unpaired) electrons. The first-order chi connectivity index (χ1) is 8.98. The van der Waals surface area contributed by atoms with E-state index < -0.39 is 15.9 Å². The summed E-state index contributed by atoms with van der Waals surface area (Å²) in [5, 5.41) is 0. The van der Waals surface area contributed by atoms with Gasteiger partial charge in [0.1, 0.15) is 0 Å². The lowest BCUT2D eigenvalue weighted by Gasteiger charge is -2.22. The number of hydrogen-bond donors (Lipinski definition) is 0. The number of hydrogen-bond acceptors (Lipinski definition) is 4. The van der Waals surface area contributed by atoms with Crippen LogP contribution in [0.3, 0.4) is 0 Å². The highest BCUT2D eigenvalue weighted by Gasteiger charge is 2.60. The van der Waals surface area contributed by atoms with Crippen molar-refractivity contribution in [3.8, 4) is 0 Å². The van der Waals surface area contributed by atoms with Crippen molar-refractivity contribution in [3.05, 3.63) is 12.2 Å². The maximum absolute atomic E-state index is 12.5. The zero-order valence-electron chi connectivity index (χ0n) is 10.4. The minimum atomic E-state index is -3.08. The molecule has 102 valence electrons. The van der Waals surface area contributed by atoms with Gasteiger partial charge in [0.2, 0.25) is 11.8 Å². The van der Waals surface area contributed by atoms with E-state index in [2.05, 4.69) is 0 Å². The lowest BCUT2D eigenvalue weighted by atomic mass is 9.85. The van der Waals surface area contributed by atoms with E-state index in [0.717, 1.165) is 6.42 Å². The Bertz CT molecular complexity index is 578. The number of carbonyl (C=O) groups excluding carboxylic acids is 2. The van der Waals surface area contributed by atoms with Gasteiger partial charge in [0.25, 0.3) is 0 Å². The van der Waals surface area contributed by atoms with Gasteiger partial charge in [0.05, 0.1) is 29.4 Å². The molecule has 19 heavy (non-hydrogen) atoms. The molecule has 5 atom stereocenters. The number of fused-ring (bicyclic) bond motifs is 5. The fourth-order valence-electron chi connectivity index (χ4n) is 4.26. The van der Waals surface area contributed by atoms with E-state index in [9.17, 15) is 18.0 Å². The number of imide groups is 1. The second kappa shape index (κ2) is 3.48. The third-order valence-corrected chi connectivity index (χ3v) is 6.83. The van der Waals surface area contributed by atoms with E-state index in [1.54, 1.807) is 0 Å². The SMILES string of the molecule is O=C1[C@@H]2[C@H](C(=O)N1[C@@H]1CCS(=O)(=O)C1)[C@H]1C=C[C@H]2C1. The minimum absolute atomic E-state index is 0.0489. The highest BCUT2D eigenvalue weighted by molar-refractivity contribution is 7.91. The van der Waals surface area contributed by atoms with Crippen molar-refractivity contribution in [1.82, 2.24) is 4.90 Å². The number of nitrogens with zero attached hydrogens (tertiary/aromatic N) is 1. The lowest BCUT2D eigenvalue weighted by Crippen LogP contribution is -2.42. The van der Waals surface area contributed by atoms with E-state index in [4.69, 9.17) is 0 Å². The van der Waals surface area contributed by atoms with Gasteiger partial charge in [-0.15, -0.1) is 0 Å². The molecule has 0 aromatic carbocycles. The standard InChI is InChI=1S/C13H15NO4S/c15-12-10-7-1-2-8(5-7)11(10)13(16)14(12)9-3-4-19(17,18)6-9/h1-2,7-11H,3-6H2/t7-,8-,9+,10-,11+/m0/s1. The second-order valence-corrected chi connectivity index (χ2v) is 8.33. The Morgan fingerprint density at radius 3 is 2.11 bits per heavy atom. The molecule has 2 bridgehead atoms. The molecule has 0 aromatic rings. The fraction of sp³-hybridized carbons (Fsp3) is 0.692. The molecule has 6 heteroatoms. The lowest BCUT2D eigenvalue weighted by molar-refractivity contribution is -0.142. The Morgan fingerprint density at radius 1 is 1.05 bits per heavy atom. The van der Waals surface area contributed by atoms with Crippen LogP contribution < -0.4 is 0 Å². The maximum atomic E-state index is 12.5. The van der Waals surface area contributed by atoms with Crippen LogP contribution in [0.5, 0.6) is 0 Å². The molecule has 1 saturated carbocycles. The minimum Gasteiger partial charge on any atom is -0.278 e. The number of amides is 2. The van der Waals surface area contributed by atoms with Crippen LogP contribution in [0.4, 0.5) is 0 Å². The van der Waals surface area contributed by atoms with E-state index in [1.165, 1.54) is 4.90 Å². The monoisotopic (exact) mass is 281 g/mol. The van der Waals surface area contributed by atoms with Gasteiger partial charge in [-0.25, -0.2) is 8.42 Å². The molecule has 2 aliphatic heterocycles. The normalized spacial score (nSPS) is 46.3. The highest BCUT2D eigenvalue weighted by atomic mass is 32.2. The summed E-state index contributed by atoms with van der Waals surface area (Å²) in [6.45, 7) is 0. The summed E-state index contributed by atoms with van der Waals surface area (Å²) in [6.07, 6.45) is 5.41. The average molecular weight is 281 g/mol. The zero-order valence-corrected chi connectivity index (χ0v) is 11.2. The van der Waals surface area contributed by atoms with Gasteiger partial charge in [-0.1, -0.05) is 12.2 Å². The quantitative estimate of drug-likeness (QED) is 0.500. The molecule has 0 N–H and O–H groups in total. The van der Waals surface area contributed by atoms with Crippen LogP contribution in [0.25, 0.3) is 0 Å². The van der Waals surface area contributed by atoms with Gasteiger partial charge < -0.3 is 0 Å². The average Bonchev–Trinajstić information content (AvgIpc) is 3.04. The Kier molecular flexibility index (Phi) is 2.13. The summed E-state index contributed by atoms with van der Waals surface area (Å²) < 4.78 is 23.1. The summed E-state index contributed by atoms with van der Waals surface area (Å²) in [4.78, 5) is 26.2. The summed E-state index contributed by atoms with van der Waals surface area (Å²) in [5.41, 5.74) is 0. The first-order valence-electron chi connectivity index (χ1n) is 6.73. The molecule has 4 aliphatic rings. The Labute approximate surface area is 111 Å². The summed E-state index contributed by atoms with van der Waals surface area (Å²) >= 11 is 0. The van der Waals surface area contributed by atoms with Crippen LogP contribution in [-0.2, 0) is 19.4 Å². The molecule has 2 amide bonds. The third kappa shape index (κ3) is 1.43. The predicted molar refractivity (Wildman–Crippen MR) is 66.6 cm³/mol. The van der Waals surface area contributed by atoms with Gasteiger partial charge in [-0.3, -0.25) is 14.5 Å². The Balaban J connectivity index is 1.66.